The van der Waals surface area contributed by atoms with Crippen LogP contribution in [0.4, 0.5) is 0 Å². The summed E-state index contributed by atoms with van der Waals surface area (Å²) in [6, 6.07) is 0. The SMILES string of the molecule is OCCC#Cc1nccnc1OC1CCNCC1. The zero-order valence-electron chi connectivity index (χ0n) is 10.2. The molecule has 0 radical (unpaired) electrons. The van der Waals surface area contributed by atoms with Crippen LogP contribution in [-0.4, -0.2) is 40.9 Å². The number of hydrogen-bond acceptors (Lipinski definition) is 5. The minimum absolute atomic E-state index is 0.0533. The van der Waals surface area contributed by atoms with Gasteiger partial charge in [0, 0.05) is 18.8 Å². The van der Waals surface area contributed by atoms with E-state index in [0.29, 0.717) is 18.0 Å². The minimum Gasteiger partial charge on any atom is -0.472 e. The van der Waals surface area contributed by atoms with E-state index < -0.39 is 0 Å². The van der Waals surface area contributed by atoms with Crippen molar-refractivity contribution in [3.8, 4) is 17.7 Å². The first kappa shape index (κ1) is 12.8. The molecule has 2 heterocycles. The first-order chi connectivity index (χ1) is 8.90. The van der Waals surface area contributed by atoms with Gasteiger partial charge in [0.1, 0.15) is 6.10 Å². The topological polar surface area (TPSA) is 67.3 Å². The van der Waals surface area contributed by atoms with E-state index in [2.05, 4.69) is 27.1 Å². The molecule has 96 valence electrons. The van der Waals surface area contributed by atoms with Gasteiger partial charge < -0.3 is 15.2 Å². The van der Waals surface area contributed by atoms with Crippen molar-refractivity contribution in [3.63, 3.8) is 0 Å². The standard InChI is InChI=1S/C13H17N3O2/c17-10-2-1-3-12-13(16-9-8-15-12)18-11-4-6-14-7-5-11/h8-9,11,14,17H,2,4-7,10H2. The molecule has 2 rings (SSSR count). The lowest BCUT2D eigenvalue weighted by atomic mass is 10.1. The van der Waals surface area contributed by atoms with Crippen LogP contribution in [0.2, 0.25) is 0 Å². The molecule has 2 N–H and O–H groups in total. The Kier molecular flexibility index (Phi) is 4.94. The molecule has 18 heavy (non-hydrogen) atoms. The van der Waals surface area contributed by atoms with Crippen LogP contribution in [0.15, 0.2) is 12.4 Å². The van der Waals surface area contributed by atoms with Gasteiger partial charge in [0.15, 0.2) is 5.69 Å². The molecule has 5 nitrogen and oxygen atoms in total. The van der Waals surface area contributed by atoms with Crippen molar-refractivity contribution in [3.05, 3.63) is 18.1 Å². The highest BCUT2D eigenvalue weighted by molar-refractivity contribution is 5.35. The molecule has 0 bridgehead atoms. The second-order valence-electron chi connectivity index (χ2n) is 4.05. The Hall–Kier alpha value is -1.64. The number of hydrogen-bond donors (Lipinski definition) is 2. The lowest BCUT2D eigenvalue weighted by molar-refractivity contribution is 0.155. The summed E-state index contributed by atoms with van der Waals surface area (Å²) in [5.74, 6) is 6.21. The van der Waals surface area contributed by atoms with Crippen LogP contribution in [-0.2, 0) is 0 Å². The van der Waals surface area contributed by atoms with Crippen LogP contribution >= 0.6 is 0 Å². The lowest BCUT2D eigenvalue weighted by Gasteiger charge is -2.23. The minimum atomic E-state index is 0.0533. The van der Waals surface area contributed by atoms with Crippen molar-refractivity contribution in [1.82, 2.24) is 15.3 Å². The molecule has 1 aliphatic rings. The third kappa shape index (κ3) is 3.69. The molecule has 0 aromatic carbocycles. The number of aliphatic hydroxyl groups excluding tert-OH is 1. The number of rotatable bonds is 3. The van der Waals surface area contributed by atoms with E-state index >= 15 is 0 Å². The van der Waals surface area contributed by atoms with Gasteiger partial charge in [-0.25, -0.2) is 9.97 Å². The van der Waals surface area contributed by atoms with Crippen molar-refractivity contribution < 1.29 is 9.84 Å². The summed E-state index contributed by atoms with van der Waals surface area (Å²) in [4.78, 5) is 8.34. The van der Waals surface area contributed by atoms with Gasteiger partial charge in [-0.1, -0.05) is 5.92 Å². The second-order valence-corrected chi connectivity index (χ2v) is 4.05. The van der Waals surface area contributed by atoms with E-state index in [1.807, 2.05) is 0 Å². The first-order valence-electron chi connectivity index (χ1n) is 6.18. The predicted molar refractivity (Wildman–Crippen MR) is 67.1 cm³/mol. The molecule has 0 unspecified atom stereocenters. The Balaban J connectivity index is 2.05. The third-order valence-electron chi connectivity index (χ3n) is 2.67. The molecule has 0 saturated carbocycles. The van der Waals surface area contributed by atoms with Gasteiger partial charge in [0.2, 0.25) is 5.88 Å². The van der Waals surface area contributed by atoms with Crippen LogP contribution in [0.3, 0.4) is 0 Å². The summed E-state index contributed by atoms with van der Waals surface area (Å²) in [5.41, 5.74) is 0.546. The monoisotopic (exact) mass is 247 g/mol. The van der Waals surface area contributed by atoms with Crippen LogP contribution < -0.4 is 10.1 Å². The highest BCUT2D eigenvalue weighted by Gasteiger charge is 2.16. The highest BCUT2D eigenvalue weighted by Crippen LogP contribution is 2.16. The average Bonchev–Trinajstić information content (AvgIpc) is 2.42. The fourth-order valence-electron chi connectivity index (χ4n) is 1.77. The fraction of sp³-hybridized carbons (Fsp3) is 0.538. The first-order valence-corrected chi connectivity index (χ1v) is 6.18. The molecule has 1 fully saturated rings. The van der Waals surface area contributed by atoms with E-state index in [1.165, 1.54) is 0 Å². The molecule has 1 aromatic heterocycles. The maximum absolute atomic E-state index is 8.70. The molecule has 0 atom stereocenters. The quantitative estimate of drug-likeness (QED) is 0.754. The van der Waals surface area contributed by atoms with E-state index in [0.717, 1.165) is 25.9 Å². The highest BCUT2D eigenvalue weighted by atomic mass is 16.5. The fourth-order valence-corrected chi connectivity index (χ4v) is 1.77. The normalized spacial score (nSPS) is 15.8. The second kappa shape index (κ2) is 6.94. The summed E-state index contributed by atoms with van der Waals surface area (Å²) >= 11 is 0. The van der Waals surface area contributed by atoms with Crippen LogP contribution in [0.1, 0.15) is 25.0 Å². The van der Waals surface area contributed by atoms with Crippen LogP contribution in [0.25, 0.3) is 0 Å². The molecule has 0 spiro atoms. The summed E-state index contributed by atoms with van der Waals surface area (Å²) in [6.45, 7) is 1.99. The Bertz CT molecular complexity index is 433. The van der Waals surface area contributed by atoms with Gasteiger partial charge in [-0.05, 0) is 31.9 Å². The number of piperidine rings is 1. The maximum Gasteiger partial charge on any atom is 0.249 e. The Morgan fingerprint density at radius 1 is 1.33 bits per heavy atom. The Morgan fingerprint density at radius 2 is 2.11 bits per heavy atom. The zero-order valence-corrected chi connectivity index (χ0v) is 10.2. The molecule has 1 aromatic rings. The van der Waals surface area contributed by atoms with Gasteiger partial charge in [-0.3, -0.25) is 0 Å². The lowest BCUT2D eigenvalue weighted by Crippen LogP contribution is -2.34. The van der Waals surface area contributed by atoms with Gasteiger partial charge >= 0.3 is 0 Å². The summed E-state index contributed by atoms with van der Waals surface area (Å²) in [5, 5.41) is 12.0. The summed E-state index contributed by atoms with van der Waals surface area (Å²) in [6.07, 6.45) is 5.76. The van der Waals surface area contributed by atoms with Crippen molar-refractivity contribution in [1.29, 1.82) is 0 Å². The Labute approximate surface area is 107 Å². The molecule has 5 heteroatoms. The largest absolute Gasteiger partial charge is 0.472 e. The summed E-state index contributed by atoms with van der Waals surface area (Å²) < 4.78 is 5.84. The smallest absolute Gasteiger partial charge is 0.249 e. The van der Waals surface area contributed by atoms with Gasteiger partial charge in [-0.2, -0.15) is 0 Å². The molecule has 1 saturated heterocycles. The number of nitrogens with one attached hydrogen (secondary N) is 1. The molecule has 1 aliphatic heterocycles. The molecule has 0 amide bonds. The van der Waals surface area contributed by atoms with E-state index in [9.17, 15) is 0 Å². The maximum atomic E-state index is 8.70. The number of ether oxygens (including phenoxy) is 1. The van der Waals surface area contributed by atoms with E-state index in [1.54, 1.807) is 12.4 Å². The van der Waals surface area contributed by atoms with Crippen LogP contribution in [0.5, 0.6) is 5.88 Å². The van der Waals surface area contributed by atoms with E-state index in [-0.39, 0.29) is 12.7 Å². The van der Waals surface area contributed by atoms with Crippen LogP contribution in [0, 0.1) is 11.8 Å². The van der Waals surface area contributed by atoms with Crippen molar-refractivity contribution in [2.45, 2.75) is 25.4 Å². The van der Waals surface area contributed by atoms with Crippen molar-refractivity contribution >= 4 is 0 Å². The van der Waals surface area contributed by atoms with Crippen molar-refractivity contribution in [2.24, 2.45) is 0 Å². The van der Waals surface area contributed by atoms with Gasteiger partial charge in [0.05, 0.1) is 6.61 Å². The third-order valence-corrected chi connectivity index (χ3v) is 2.67. The molecular formula is C13H17N3O2. The van der Waals surface area contributed by atoms with Gasteiger partial charge in [0.25, 0.3) is 0 Å². The number of aromatic nitrogens is 2. The zero-order chi connectivity index (χ0) is 12.6. The van der Waals surface area contributed by atoms with Gasteiger partial charge in [-0.15, -0.1) is 0 Å². The average molecular weight is 247 g/mol. The van der Waals surface area contributed by atoms with Crippen molar-refractivity contribution in [2.75, 3.05) is 19.7 Å². The predicted octanol–water partition coefficient (Wildman–Crippen LogP) is 0.341. The molecular weight excluding hydrogens is 230 g/mol. The molecule has 0 aliphatic carbocycles. The number of aliphatic hydroxyl groups is 1. The summed E-state index contributed by atoms with van der Waals surface area (Å²) in [7, 11) is 0. The number of nitrogens with zero attached hydrogens (tertiary/aromatic N) is 2. The van der Waals surface area contributed by atoms with E-state index in [4.69, 9.17) is 9.84 Å². The Morgan fingerprint density at radius 3 is 2.89 bits per heavy atom.